The Hall–Kier alpha value is -3.04. The van der Waals surface area contributed by atoms with Gasteiger partial charge >= 0.3 is 0 Å². The summed E-state index contributed by atoms with van der Waals surface area (Å²) in [6.45, 7) is 1.69. The summed E-state index contributed by atoms with van der Waals surface area (Å²) in [5.74, 6) is -1.46. The summed E-state index contributed by atoms with van der Waals surface area (Å²) >= 11 is 1.62. The molecule has 6 nitrogen and oxygen atoms in total. The van der Waals surface area contributed by atoms with Crippen LogP contribution in [0.15, 0.2) is 57.5 Å². The van der Waals surface area contributed by atoms with Crippen LogP contribution in [0.25, 0.3) is 32.5 Å². The molecule has 1 aliphatic heterocycles. The Morgan fingerprint density at radius 2 is 2.03 bits per heavy atom. The van der Waals surface area contributed by atoms with Crippen molar-refractivity contribution >= 4 is 32.4 Å². The fourth-order valence-corrected chi connectivity index (χ4v) is 4.63. The highest BCUT2D eigenvalue weighted by Gasteiger charge is 2.33. The van der Waals surface area contributed by atoms with Gasteiger partial charge in [0.25, 0.3) is 5.92 Å². The maximum Gasteiger partial charge on any atom is 0.250 e. The Balaban J connectivity index is 1.34. The van der Waals surface area contributed by atoms with Crippen molar-refractivity contribution in [2.45, 2.75) is 18.8 Å². The lowest BCUT2D eigenvalue weighted by atomic mass is 10.1. The molecule has 0 amide bonds. The van der Waals surface area contributed by atoms with E-state index in [1.165, 1.54) is 0 Å². The number of pyridine rings is 1. The first-order valence-corrected chi connectivity index (χ1v) is 11.2. The van der Waals surface area contributed by atoms with Crippen LogP contribution >= 0.6 is 11.3 Å². The number of rotatable bonds is 5. The second-order valence-electron chi connectivity index (χ2n) is 7.83. The van der Waals surface area contributed by atoms with Crippen molar-refractivity contribution in [2.75, 3.05) is 26.2 Å². The highest BCUT2D eigenvalue weighted by atomic mass is 32.1. The summed E-state index contributed by atoms with van der Waals surface area (Å²) in [6, 6.07) is 10.9. The number of ether oxygens (including phenoxy) is 1. The number of piperidine rings is 1. The van der Waals surface area contributed by atoms with Gasteiger partial charge in [-0.15, -0.1) is 11.3 Å². The zero-order valence-corrected chi connectivity index (χ0v) is 17.9. The van der Waals surface area contributed by atoms with E-state index >= 15 is 0 Å². The molecule has 166 valence electrons. The Bertz CT molecular complexity index is 1330. The molecule has 1 aromatic carbocycles. The fraction of sp³-hybridized carbons (Fsp3) is 0.304. The number of thiophene rings is 1. The molecule has 1 saturated heterocycles. The fourth-order valence-electron chi connectivity index (χ4n) is 3.83. The van der Waals surface area contributed by atoms with Gasteiger partial charge in [-0.3, -0.25) is 9.88 Å². The smallest absolute Gasteiger partial charge is 0.250 e. The maximum absolute atomic E-state index is 13.3. The van der Waals surface area contributed by atoms with Crippen LogP contribution in [0.5, 0.6) is 5.75 Å². The first-order chi connectivity index (χ1) is 15.5. The minimum atomic E-state index is -2.55. The molecule has 1 fully saturated rings. The van der Waals surface area contributed by atoms with Crippen LogP contribution in [0, 0.1) is 0 Å². The summed E-state index contributed by atoms with van der Waals surface area (Å²) in [5, 5.41) is 17.0. The van der Waals surface area contributed by atoms with Gasteiger partial charge in [-0.05, 0) is 35.7 Å². The van der Waals surface area contributed by atoms with Crippen LogP contribution in [-0.4, -0.2) is 47.3 Å². The Kier molecular flexibility index (Phi) is 5.52. The van der Waals surface area contributed by atoms with Gasteiger partial charge in [0.05, 0.1) is 5.39 Å². The third kappa shape index (κ3) is 4.31. The lowest BCUT2D eigenvalue weighted by molar-refractivity contribution is -0.0564. The van der Waals surface area contributed by atoms with E-state index in [0.29, 0.717) is 59.8 Å². The van der Waals surface area contributed by atoms with Crippen molar-refractivity contribution in [1.82, 2.24) is 9.88 Å². The van der Waals surface area contributed by atoms with Crippen LogP contribution in [0.1, 0.15) is 12.8 Å². The van der Waals surface area contributed by atoms with Crippen molar-refractivity contribution in [3.05, 3.63) is 53.3 Å². The van der Waals surface area contributed by atoms with Crippen molar-refractivity contribution in [3.63, 3.8) is 0 Å². The molecule has 32 heavy (non-hydrogen) atoms. The second kappa shape index (κ2) is 8.48. The van der Waals surface area contributed by atoms with Gasteiger partial charge in [0.1, 0.15) is 29.0 Å². The van der Waals surface area contributed by atoms with Gasteiger partial charge in [0, 0.05) is 54.8 Å². The molecule has 0 unspecified atom stereocenters. The molecule has 0 aliphatic carbocycles. The topological polar surface area (TPSA) is 71.1 Å². The minimum absolute atomic E-state index is 0.109. The van der Waals surface area contributed by atoms with Crippen LogP contribution in [0.2, 0.25) is 0 Å². The number of hydrogen-bond donors (Lipinski definition) is 1. The number of fused-ring (bicyclic) bond motifs is 2. The van der Waals surface area contributed by atoms with Crippen molar-refractivity contribution < 1.29 is 23.1 Å². The quantitative estimate of drug-likeness (QED) is 0.333. The van der Waals surface area contributed by atoms with E-state index in [9.17, 15) is 14.0 Å². The molecular formula is C23H21F2N3O3S. The van der Waals surface area contributed by atoms with E-state index in [1.807, 2.05) is 22.4 Å². The zero-order chi connectivity index (χ0) is 22.1. The number of benzene rings is 1. The average molecular weight is 458 g/mol. The number of likely N-dealkylation sites (tertiary alicyclic amines) is 1. The summed E-state index contributed by atoms with van der Waals surface area (Å²) in [6.07, 6.45) is 1.57. The lowest BCUT2D eigenvalue weighted by Gasteiger charge is -2.31. The van der Waals surface area contributed by atoms with Crippen molar-refractivity contribution in [3.8, 4) is 17.2 Å². The minimum Gasteiger partial charge on any atom is -0.492 e. The first-order valence-electron chi connectivity index (χ1n) is 10.3. The molecule has 4 heterocycles. The molecule has 0 bridgehead atoms. The number of aromatic nitrogens is 1. The van der Waals surface area contributed by atoms with Crippen LogP contribution < -0.4 is 10.1 Å². The van der Waals surface area contributed by atoms with E-state index in [2.05, 4.69) is 10.1 Å². The van der Waals surface area contributed by atoms with Crippen LogP contribution in [0.4, 0.5) is 8.78 Å². The van der Waals surface area contributed by atoms with Gasteiger partial charge < -0.3 is 14.4 Å². The number of alkyl halides is 2. The Morgan fingerprint density at radius 3 is 2.84 bits per heavy atom. The van der Waals surface area contributed by atoms with Crippen molar-refractivity contribution in [2.24, 2.45) is 5.16 Å². The molecular weight excluding hydrogens is 436 g/mol. The van der Waals surface area contributed by atoms with Crippen molar-refractivity contribution in [1.29, 1.82) is 0 Å². The first kappa shape index (κ1) is 20.8. The third-order valence-corrected chi connectivity index (χ3v) is 6.56. The molecule has 1 aliphatic rings. The number of nitrogens with zero attached hydrogens (tertiary/aromatic N) is 3. The normalized spacial score (nSPS) is 17.2. The summed E-state index contributed by atoms with van der Waals surface area (Å²) in [5.41, 5.74) is 1.19. The predicted molar refractivity (Wildman–Crippen MR) is 118 cm³/mol. The van der Waals surface area contributed by atoms with E-state index < -0.39 is 5.92 Å². The van der Waals surface area contributed by atoms with E-state index in [4.69, 9.17) is 9.15 Å². The SMILES string of the molecule is O/N=c1\cc(-c2cc3sccc3cn2)oc2ccc(OCCN3CCC(F)(F)CC3)cc12. The van der Waals surface area contributed by atoms with Gasteiger partial charge in [-0.25, -0.2) is 8.78 Å². The van der Waals surface area contributed by atoms with E-state index in [1.54, 1.807) is 41.8 Å². The highest BCUT2D eigenvalue weighted by Crippen LogP contribution is 2.29. The molecule has 0 radical (unpaired) electrons. The molecule has 0 atom stereocenters. The standard InChI is InChI=1S/C23H21F2N3O3S/c24-23(25)4-6-28(7-5-23)8-9-30-16-1-2-20-17(11-16)18(27-29)12-21(31-20)19-13-22-15(14-26-19)3-10-32-22/h1-3,10-14,29H,4-9H2/b27-18+. The highest BCUT2D eigenvalue weighted by molar-refractivity contribution is 7.17. The lowest BCUT2D eigenvalue weighted by Crippen LogP contribution is -2.41. The summed E-state index contributed by atoms with van der Waals surface area (Å²) in [4.78, 5) is 6.43. The molecule has 9 heteroatoms. The summed E-state index contributed by atoms with van der Waals surface area (Å²) in [7, 11) is 0. The average Bonchev–Trinajstić information content (AvgIpc) is 3.27. The molecule has 5 rings (SSSR count). The van der Waals surface area contributed by atoms with Gasteiger partial charge in [-0.2, -0.15) is 0 Å². The molecule has 0 saturated carbocycles. The molecule has 1 N–H and O–H groups in total. The van der Waals surface area contributed by atoms with E-state index in [0.717, 1.165) is 10.1 Å². The molecule has 0 spiro atoms. The van der Waals surface area contributed by atoms with E-state index in [-0.39, 0.29) is 12.8 Å². The molecule has 4 aromatic rings. The van der Waals surface area contributed by atoms with Gasteiger partial charge in [0.2, 0.25) is 0 Å². The van der Waals surface area contributed by atoms with Gasteiger partial charge in [0.15, 0.2) is 5.76 Å². The zero-order valence-electron chi connectivity index (χ0n) is 17.1. The predicted octanol–water partition coefficient (Wildman–Crippen LogP) is 5.11. The third-order valence-electron chi connectivity index (χ3n) is 5.68. The Morgan fingerprint density at radius 1 is 1.19 bits per heavy atom. The number of hydrogen-bond acceptors (Lipinski definition) is 7. The van der Waals surface area contributed by atoms with Gasteiger partial charge in [-0.1, -0.05) is 5.16 Å². The van der Waals surface area contributed by atoms with Crippen LogP contribution in [-0.2, 0) is 0 Å². The largest absolute Gasteiger partial charge is 0.492 e. The van der Waals surface area contributed by atoms with Crippen LogP contribution in [0.3, 0.4) is 0 Å². The Labute approximate surface area is 186 Å². The summed E-state index contributed by atoms with van der Waals surface area (Å²) < 4.78 is 39.5. The monoisotopic (exact) mass is 457 g/mol. The second-order valence-corrected chi connectivity index (χ2v) is 8.78. The number of halogens is 2. The molecule has 3 aromatic heterocycles. The maximum atomic E-state index is 13.3.